The molecule has 1 aromatic rings. The molecule has 0 saturated carbocycles. The van der Waals surface area contributed by atoms with Gasteiger partial charge in [0, 0.05) is 18.8 Å². The van der Waals surface area contributed by atoms with Gasteiger partial charge in [0.1, 0.15) is 23.3 Å². The number of aliphatic hydroxyl groups is 1. The smallest absolute Gasteiger partial charge is 0.312 e. The number of likely N-dealkylation sites (tertiary alicyclic amines) is 1. The molecule has 3 saturated heterocycles. The fourth-order valence-electron chi connectivity index (χ4n) is 5.98. The van der Waals surface area contributed by atoms with E-state index in [2.05, 4.69) is 5.32 Å². The SMILES string of the molecule is CCOC(=O)[C@H]1[C@H]2C(=O)N(CCCO)C(C(=O)Nc3ccc(OC)cc3)C23CC[C@]1(CC)O3. The van der Waals surface area contributed by atoms with Gasteiger partial charge in [-0.05, 0) is 56.9 Å². The van der Waals surface area contributed by atoms with Gasteiger partial charge in [0.2, 0.25) is 11.8 Å². The normalized spacial score (nSPS) is 32.1. The molecule has 3 heterocycles. The first-order valence-corrected chi connectivity index (χ1v) is 11.6. The van der Waals surface area contributed by atoms with E-state index in [1.54, 1.807) is 38.3 Å². The van der Waals surface area contributed by atoms with E-state index in [1.807, 2.05) is 6.92 Å². The molecule has 2 bridgehead atoms. The van der Waals surface area contributed by atoms with Crippen LogP contribution in [0.25, 0.3) is 0 Å². The van der Waals surface area contributed by atoms with Gasteiger partial charge in [-0.3, -0.25) is 14.4 Å². The number of hydrogen-bond acceptors (Lipinski definition) is 7. The monoisotopic (exact) mass is 460 g/mol. The number of fused-ring (bicyclic) bond motifs is 1. The van der Waals surface area contributed by atoms with Crippen molar-refractivity contribution in [3.05, 3.63) is 24.3 Å². The Balaban J connectivity index is 1.70. The van der Waals surface area contributed by atoms with E-state index in [-0.39, 0.29) is 31.6 Å². The zero-order valence-electron chi connectivity index (χ0n) is 19.3. The number of hydrogen-bond donors (Lipinski definition) is 2. The summed E-state index contributed by atoms with van der Waals surface area (Å²) in [6.45, 7) is 3.96. The van der Waals surface area contributed by atoms with E-state index in [0.29, 0.717) is 37.1 Å². The molecule has 9 nitrogen and oxygen atoms in total. The summed E-state index contributed by atoms with van der Waals surface area (Å²) < 4.78 is 17.1. The molecule has 0 aromatic heterocycles. The van der Waals surface area contributed by atoms with Crippen molar-refractivity contribution < 1.29 is 33.7 Å². The van der Waals surface area contributed by atoms with Gasteiger partial charge in [-0.1, -0.05) is 6.92 Å². The van der Waals surface area contributed by atoms with Crippen LogP contribution < -0.4 is 10.1 Å². The van der Waals surface area contributed by atoms with Crippen molar-refractivity contribution in [3.63, 3.8) is 0 Å². The molecule has 1 spiro atoms. The molecule has 0 radical (unpaired) electrons. The Kier molecular flexibility index (Phi) is 6.37. The Labute approximate surface area is 193 Å². The van der Waals surface area contributed by atoms with E-state index < -0.39 is 35.0 Å². The Morgan fingerprint density at radius 1 is 1.24 bits per heavy atom. The van der Waals surface area contributed by atoms with Crippen LogP contribution in [0, 0.1) is 11.8 Å². The third-order valence-electron chi connectivity index (χ3n) is 7.38. The lowest BCUT2D eigenvalue weighted by Gasteiger charge is -2.33. The lowest BCUT2D eigenvalue weighted by Crippen LogP contribution is -2.53. The molecule has 3 aliphatic rings. The first kappa shape index (κ1) is 23.5. The Bertz CT molecular complexity index is 920. The maximum absolute atomic E-state index is 13.7. The minimum atomic E-state index is -1.10. The summed E-state index contributed by atoms with van der Waals surface area (Å²) in [5.74, 6) is -1.98. The van der Waals surface area contributed by atoms with Crippen LogP contribution in [0.15, 0.2) is 24.3 Å². The minimum Gasteiger partial charge on any atom is -0.497 e. The topological polar surface area (TPSA) is 114 Å². The Hall–Kier alpha value is -2.65. The molecule has 3 fully saturated rings. The Morgan fingerprint density at radius 3 is 2.58 bits per heavy atom. The van der Waals surface area contributed by atoms with Crippen molar-refractivity contribution in [1.82, 2.24) is 4.90 Å². The van der Waals surface area contributed by atoms with Crippen LogP contribution in [-0.2, 0) is 23.9 Å². The largest absolute Gasteiger partial charge is 0.497 e. The highest BCUT2D eigenvalue weighted by Gasteiger charge is 2.78. The van der Waals surface area contributed by atoms with Crippen molar-refractivity contribution in [2.24, 2.45) is 11.8 Å². The number of esters is 1. The highest BCUT2D eigenvalue weighted by Crippen LogP contribution is 2.64. The summed E-state index contributed by atoms with van der Waals surface area (Å²) in [5, 5.41) is 12.3. The maximum atomic E-state index is 13.7. The van der Waals surface area contributed by atoms with Crippen LogP contribution >= 0.6 is 0 Å². The molecule has 2 amide bonds. The van der Waals surface area contributed by atoms with Gasteiger partial charge in [-0.25, -0.2) is 0 Å². The number of amides is 2. The van der Waals surface area contributed by atoms with Crippen LogP contribution in [0.4, 0.5) is 5.69 Å². The fraction of sp³-hybridized carbons (Fsp3) is 0.625. The number of aliphatic hydroxyl groups excluding tert-OH is 1. The van der Waals surface area contributed by atoms with Crippen molar-refractivity contribution in [2.75, 3.05) is 32.2 Å². The molecule has 1 aromatic carbocycles. The highest BCUT2D eigenvalue weighted by atomic mass is 16.6. The number of anilines is 1. The standard InChI is InChI=1S/C24H32N2O7/c1-4-23-11-12-24(33-23)17(18(23)22(30)32-5-2)21(29)26(13-6-14-27)19(24)20(28)25-15-7-9-16(31-3)10-8-15/h7-10,17-19,27H,4-6,11-14H2,1-3H3,(H,25,28)/t17-,18+,19?,23-,24?/m0/s1. The zero-order chi connectivity index (χ0) is 23.8. The molecule has 33 heavy (non-hydrogen) atoms. The van der Waals surface area contributed by atoms with E-state index in [4.69, 9.17) is 14.2 Å². The molecular formula is C24H32N2O7. The molecule has 3 aliphatic heterocycles. The van der Waals surface area contributed by atoms with E-state index in [9.17, 15) is 19.5 Å². The lowest BCUT2D eigenvalue weighted by molar-refractivity contribution is -0.160. The summed E-state index contributed by atoms with van der Waals surface area (Å²) in [5.41, 5.74) is -1.35. The number of methoxy groups -OCH3 is 1. The Morgan fingerprint density at radius 2 is 1.97 bits per heavy atom. The van der Waals surface area contributed by atoms with E-state index >= 15 is 0 Å². The molecular weight excluding hydrogens is 428 g/mol. The molecule has 2 unspecified atom stereocenters. The summed E-state index contributed by atoms with van der Waals surface area (Å²) in [6.07, 6.45) is 1.95. The zero-order valence-corrected chi connectivity index (χ0v) is 19.3. The van der Waals surface area contributed by atoms with Gasteiger partial charge in [0.25, 0.3) is 0 Å². The first-order chi connectivity index (χ1) is 15.9. The fourth-order valence-corrected chi connectivity index (χ4v) is 5.98. The number of carbonyl (C=O) groups is 3. The number of benzene rings is 1. The van der Waals surface area contributed by atoms with Crippen molar-refractivity contribution in [3.8, 4) is 5.75 Å². The predicted octanol–water partition coefficient (Wildman–Crippen LogP) is 1.73. The molecule has 5 atom stereocenters. The number of nitrogens with one attached hydrogen (secondary N) is 1. The summed E-state index contributed by atoms with van der Waals surface area (Å²) in [7, 11) is 1.56. The van der Waals surface area contributed by atoms with Crippen molar-refractivity contribution >= 4 is 23.5 Å². The van der Waals surface area contributed by atoms with E-state index in [1.165, 1.54) is 4.90 Å². The van der Waals surface area contributed by atoms with Crippen LogP contribution in [0.3, 0.4) is 0 Å². The number of rotatable bonds is 9. The van der Waals surface area contributed by atoms with Gasteiger partial charge >= 0.3 is 5.97 Å². The van der Waals surface area contributed by atoms with Crippen LogP contribution in [-0.4, -0.2) is 71.9 Å². The maximum Gasteiger partial charge on any atom is 0.312 e. The third kappa shape index (κ3) is 3.58. The second-order valence-corrected chi connectivity index (χ2v) is 8.91. The first-order valence-electron chi connectivity index (χ1n) is 11.6. The van der Waals surface area contributed by atoms with Crippen LogP contribution in [0.1, 0.15) is 39.5 Å². The second kappa shape index (κ2) is 8.95. The molecule has 9 heteroatoms. The predicted molar refractivity (Wildman–Crippen MR) is 119 cm³/mol. The summed E-state index contributed by atoms with van der Waals surface area (Å²) in [6, 6.07) is 6.02. The lowest BCUT2D eigenvalue weighted by atomic mass is 9.65. The molecule has 4 rings (SSSR count). The van der Waals surface area contributed by atoms with Gasteiger partial charge in [-0.15, -0.1) is 0 Å². The highest BCUT2D eigenvalue weighted by molar-refractivity contribution is 6.03. The van der Waals surface area contributed by atoms with Crippen molar-refractivity contribution in [2.45, 2.75) is 56.8 Å². The van der Waals surface area contributed by atoms with Crippen LogP contribution in [0.5, 0.6) is 5.75 Å². The van der Waals surface area contributed by atoms with Gasteiger partial charge < -0.3 is 29.5 Å². The average Bonchev–Trinajstić information content (AvgIpc) is 3.42. The van der Waals surface area contributed by atoms with Gasteiger partial charge in [-0.2, -0.15) is 0 Å². The van der Waals surface area contributed by atoms with E-state index in [0.717, 1.165) is 0 Å². The molecule has 0 aliphatic carbocycles. The van der Waals surface area contributed by atoms with Crippen molar-refractivity contribution in [1.29, 1.82) is 0 Å². The quantitative estimate of drug-likeness (QED) is 0.540. The summed E-state index contributed by atoms with van der Waals surface area (Å²) >= 11 is 0. The third-order valence-corrected chi connectivity index (χ3v) is 7.38. The molecule has 2 N–H and O–H groups in total. The minimum absolute atomic E-state index is 0.116. The second-order valence-electron chi connectivity index (χ2n) is 8.91. The summed E-state index contributed by atoms with van der Waals surface area (Å²) in [4.78, 5) is 41.8. The van der Waals surface area contributed by atoms with Crippen LogP contribution in [0.2, 0.25) is 0 Å². The number of carbonyl (C=O) groups excluding carboxylic acids is 3. The van der Waals surface area contributed by atoms with Gasteiger partial charge in [0.05, 0.1) is 25.2 Å². The average molecular weight is 461 g/mol. The number of nitrogens with zero attached hydrogens (tertiary/aromatic N) is 1. The molecule has 180 valence electrons. The number of ether oxygens (including phenoxy) is 3. The van der Waals surface area contributed by atoms with Gasteiger partial charge in [0.15, 0.2) is 0 Å².